The third kappa shape index (κ3) is 2.41. The average Bonchev–Trinajstić information content (AvgIpc) is 2.44. The van der Waals surface area contributed by atoms with Gasteiger partial charge in [0, 0.05) is 10.6 Å². The van der Waals surface area contributed by atoms with Gasteiger partial charge in [-0.25, -0.2) is 0 Å². The van der Waals surface area contributed by atoms with E-state index in [0.29, 0.717) is 16.7 Å². The van der Waals surface area contributed by atoms with E-state index < -0.39 is 6.10 Å². The second-order valence-electron chi connectivity index (χ2n) is 5.24. The van der Waals surface area contributed by atoms with Gasteiger partial charge in [0.1, 0.15) is 5.75 Å². The molecular weight excluding hydrogens is 272 g/mol. The van der Waals surface area contributed by atoms with Crippen LogP contribution < -0.4 is 4.74 Å². The van der Waals surface area contributed by atoms with E-state index in [1.807, 2.05) is 6.07 Å². The van der Waals surface area contributed by atoms with Crippen molar-refractivity contribution in [2.75, 3.05) is 7.11 Å². The van der Waals surface area contributed by atoms with Gasteiger partial charge in [0.25, 0.3) is 0 Å². The lowest BCUT2D eigenvalue weighted by atomic mass is 9.74. The van der Waals surface area contributed by atoms with Crippen molar-refractivity contribution in [1.82, 2.24) is 0 Å². The van der Waals surface area contributed by atoms with Crippen LogP contribution in [0, 0.1) is 0 Å². The highest BCUT2D eigenvalue weighted by atomic mass is 35.5. The Morgan fingerprint density at radius 1 is 1.30 bits per heavy atom. The third-order valence-corrected chi connectivity index (χ3v) is 4.26. The number of aliphatic hydroxyl groups is 1. The van der Waals surface area contributed by atoms with Crippen molar-refractivity contribution >= 4 is 11.6 Å². The lowest BCUT2D eigenvalue weighted by Crippen LogP contribution is -2.19. The quantitative estimate of drug-likeness (QED) is 0.917. The summed E-state index contributed by atoms with van der Waals surface area (Å²) in [5.41, 5.74) is 3.56. The van der Waals surface area contributed by atoms with E-state index in [1.165, 1.54) is 11.1 Å². The van der Waals surface area contributed by atoms with Crippen LogP contribution in [0.4, 0.5) is 0 Å². The van der Waals surface area contributed by atoms with Gasteiger partial charge in [0.05, 0.1) is 13.2 Å². The lowest BCUT2D eigenvalue weighted by molar-refractivity contribution is 0.150. The molecule has 2 aromatic carbocycles. The predicted octanol–water partition coefficient (Wildman–Crippen LogP) is 4.11. The van der Waals surface area contributed by atoms with E-state index >= 15 is 0 Å². The fourth-order valence-electron chi connectivity index (χ4n) is 2.93. The monoisotopic (exact) mass is 288 g/mol. The molecule has 2 nitrogen and oxygen atoms in total. The van der Waals surface area contributed by atoms with Crippen LogP contribution in [0.5, 0.6) is 5.75 Å². The number of aliphatic hydroxyl groups excluding tert-OH is 1. The van der Waals surface area contributed by atoms with Crippen molar-refractivity contribution in [2.24, 2.45) is 0 Å². The Hall–Kier alpha value is -1.51. The molecule has 0 bridgehead atoms. The maximum atomic E-state index is 10.5. The van der Waals surface area contributed by atoms with E-state index in [2.05, 4.69) is 24.3 Å². The lowest BCUT2D eigenvalue weighted by Gasteiger charge is -2.32. The Morgan fingerprint density at radius 2 is 2.10 bits per heavy atom. The minimum atomic E-state index is -0.527. The smallest absolute Gasteiger partial charge is 0.126 e. The molecule has 0 amide bonds. The van der Waals surface area contributed by atoms with Gasteiger partial charge in [0.15, 0.2) is 0 Å². The summed E-state index contributed by atoms with van der Waals surface area (Å²) in [6.45, 7) is 0. The Bertz CT molecular complexity index is 624. The zero-order valence-corrected chi connectivity index (χ0v) is 12.1. The molecule has 0 saturated carbocycles. The summed E-state index contributed by atoms with van der Waals surface area (Å²) in [7, 11) is 1.60. The highest BCUT2D eigenvalue weighted by molar-refractivity contribution is 6.30. The van der Waals surface area contributed by atoms with Gasteiger partial charge in [-0.15, -0.1) is 0 Å². The standard InChI is InChI=1S/C17H17ClO2/c1-20-17-10-13(18)6-7-15(17)16(19)9-12-8-11-4-2-3-5-14(11)12/h2-7,10,12,16,19H,8-9H2,1H3. The molecule has 3 heteroatoms. The Morgan fingerprint density at radius 3 is 2.85 bits per heavy atom. The summed E-state index contributed by atoms with van der Waals surface area (Å²) in [6, 6.07) is 13.8. The van der Waals surface area contributed by atoms with Gasteiger partial charge < -0.3 is 9.84 Å². The summed E-state index contributed by atoms with van der Waals surface area (Å²) in [5, 5.41) is 11.1. The van der Waals surface area contributed by atoms with Gasteiger partial charge in [-0.3, -0.25) is 0 Å². The number of rotatable bonds is 4. The summed E-state index contributed by atoms with van der Waals surface area (Å²) >= 11 is 5.95. The number of benzene rings is 2. The number of fused-ring (bicyclic) bond motifs is 1. The number of methoxy groups -OCH3 is 1. The van der Waals surface area contributed by atoms with Gasteiger partial charge in [0.2, 0.25) is 0 Å². The van der Waals surface area contributed by atoms with Crippen LogP contribution in [0.2, 0.25) is 5.02 Å². The highest BCUT2D eigenvalue weighted by Crippen LogP contribution is 2.42. The van der Waals surface area contributed by atoms with Crippen molar-refractivity contribution in [1.29, 1.82) is 0 Å². The molecule has 0 fully saturated rings. The van der Waals surface area contributed by atoms with E-state index in [0.717, 1.165) is 18.4 Å². The average molecular weight is 289 g/mol. The highest BCUT2D eigenvalue weighted by Gasteiger charge is 2.28. The molecule has 1 N–H and O–H groups in total. The number of halogens is 1. The van der Waals surface area contributed by atoms with Crippen molar-refractivity contribution in [2.45, 2.75) is 24.9 Å². The molecule has 104 valence electrons. The van der Waals surface area contributed by atoms with Crippen LogP contribution in [-0.4, -0.2) is 12.2 Å². The van der Waals surface area contributed by atoms with Crippen LogP contribution in [0.15, 0.2) is 42.5 Å². The zero-order chi connectivity index (χ0) is 14.1. The molecule has 0 radical (unpaired) electrons. The second kappa shape index (κ2) is 5.47. The maximum Gasteiger partial charge on any atom is 0.126 e. The summed E-state index contributed by atoms with van der Waals surface area (Å²) in [4.78, 5) is 0. The van der Waals surface area contributed by atoms with Gasteiger partial charge in [-0.1, -0.05) is 41.9 Å². The van der Waals surface area contributed by atoms with Crippen molar-refractivity contribution < 1.29 is 9.84 Å². The molecule has 3 rings (SSSR count). The van der Waals surface area contributed by atoms with Crippen LogP contribution in [-0.2, 0) is 6.42 Å². The number of hydrogen-bond donors (Lipinski definition) is 1. The molecule has 20 heavy (non-hydrogen) atoms. The fraction of sp³-hybridized carbons (Fsp3) is 0.294. The number of hydrogen-bond acceptors (Lipinski definition) is 2. The Labute approximate surface area is 124 Å². The molecular formula is C17H17ClO2. The predicted molar refractivity (Wildman–Crippen MR) is 80.5 cm³/mol. The van der Waals surface area contributed by atoms with Gasteiger partial charge in [-0.05, 0) is 42.0 Å². The molecule has 2 aromatic rings. The topological polar surface area (TPSA) is 29.5 Å². The molecule has 2 unspecified atom stereocenters. The Kier molecular flexibility index (Phi) is 3.68. The molecule has 1 aliphatic rings. The molecule has 0 saturated heterocycles. The maximum absolute atomic E-state index is 10.5. The van der Waals surface area contributed by atoms with Crippen LogP contribution in [0.1, 0.15) is 35.1 Å². The van der Waals surface area contributed by atoms with E-state index in [1.54, 1.807) is 19.2 Å². The normalized spacial score (nSPS) is 18.1. The molecule has 1 aliphatic carbocycles. The fourth-order valence-corrected chi connectivity index (χ4v) is 3.09. The van der Waals surface area contributed by atoms with E-state index in [9.17, 15) is 5.11 Å². The first-order chi connectivity index (χ1) is 9.69. The summed E-state index contributed by atoms with van der Waals surface area (Å²) < 4.78 is 5.31. The Balaban J connectivity index is 1.76. The molecule has 0 spiro atoms. The first kappa shape index (κ1) is 13.5. The van der Waals surface area contributed by atoms with E-state index in [-0.39, 0.29) is 0 Å². The van der Waals surface area contributed by atoms with Gasteiger partial charge in [-0.2, -0.15) is 0 Å². The summed E-state index contributed by atoms with van der Waals surface area (Å²) in [5.74, 6) is 1.08. The largest absolute Gasteiger partial charge is 0.496 e. The molecule has 0 aliphatic heterocycles. The minimum Gasteiger partial charge on any atom is -0.496 e. The SMILES string of the molecule is COc1cc(Cl)ccc1C(O)CC1Cc2ccccc21. The van der Waals surface area contributed by atoms with Crippen LogP contribution in [0.25, 0.3) is 0 Å². The number of ether oxygens (including phenoxy) is 1. The van der Waals surface area contributed by atoms with Crippen molar-refractivity contribution in [3.05, 3.63) is 64.2 Å². The molecule has 2 atom stereocenters. The zero-order valence-electron chi connectivity index (χ0n) is 11.3. The first-order valence-corrected chi connectivity index (χ1v) is 7.16. The van der Waals surface area contributed by atoms with Crippen LogP contribution >= 0.6 is 11.6 Å². The molecule has 0 aromatic heterocycles. The van der Waals surface area contributed by atoms with Crippen molar-refractivity contribution in [3.8, 4) is 5.75 Å². The van der Waals surface area contributed by atoms with E-state index in [4.69, 9.17) is 16.3 Å². The first-order valence-electron chi connectivity index (χ1n) is 6.78. The molecule has 0 heterocycles. The second-order valence-corrected chi connectivity index (χ2v) is 5.67. The minimum absolute atomic E-state index is 0.432. The van der Waals surface area contributed by atoms with Crippen molar-refractivity contribution in [3.63, 3.8) is 0 Å². The van der Waals surface area contributed by atoms with Gasteiger partial charge >= 0.3 is 0 Å². The summed E-state index contributed by atoms with van der Waals surface area (Å²) in [6.07, 6.45) is 1.23. The van der Waals surface area contributed by atoms with Crippen LogP contribution in [0.3, 0.4) is 0 Å². The third-order valence-electron chi connectivity index (χ3n) is 4.02.